The summed E-state index contributed by atoms with van der Waals surface area (Å²) >= 11 is 0. The van der Waals surface area contributed by atoms with Gasteiger partial charge in [0.05, 0.1) is 11.3 Å². The molecule has 6 heteroatoms. The number of benzene rings is 1. The van der Waals surface area contributed by atoms with Crippen LogP contribution in [0.2, 0.25) is 0 Å². The number of alkyl halides is 3. The maximum absolute atomic E-state index is 12.9. The predicted molar refractivity (Wildman–Crippen MR) is 71.4 cm³/mol. The van der Waals surface area contributed by atoms with Crippen molar-refractivity contribution in [3.8, 4) is 0 Å². The predicted octanol–water partition coefficient (Wildman–Crippen LogP) is 3.61. The average Bonchev–Trinajstić information content (AvgIpc) is 2.76. The first-order valence-electron chi connectivity index (χ1n) is 6.33. The van der Waals surface area contributed by atoms with Gasteiger partial charge in [0.2, 0.25) is 0 Å². The van der Waals surface area contributed by atoms with E-state index < -0.39 is 11.7 Å². The Morgan fingerprint density at radius 3 is 2.60 bits per heavy atom. The van der Waals surface area contributed by atoms with E-state index in [1.807, 2.05) is 13.1 Å². The molecule has 0 amide bonds. The van der Waals surface area contributed by atoms with Crippen molar-refractivity contribution >= 4 is 5.69 Å². The smallest absolute Gasteiger partial charge is 0.380 e. The fraction of sp³-hybridized carbons (Fsp3) is 0.357. The van der Waals surface area contributed by atoms with E-state index in [1.54, 1.807) is 17.8 Å². The Kier molecular flexibility index (Phi) is 4.01. The van der Waals surface area contributed by atoms with E-state index in [2.05, 4.69) is 10.4 Å². The molecule has 0 aliphatic heterocycles. The second-order valence-electron chi connectivity index (χ2n) is 4.53. The molecule has 2 rings (SSSR count). The van der Waals surface area contributed by atoms with Gasteiger partial charge in [-0.1, -0.05) is 19.1 Å². The summed E-state index contributed by atoms with van der Waals surface area (Å²) in [4.78, 5) is 0. The van der Waals surface area contributed by atoms with Gasteiger partial charge in [-0.3, -0.25) is 4.68 Å². The van der Waals surface area contributed by atoms with Crippen LogP contribution in [0, 0.1) is 0 Å². The van der Waals surface area contributed by atoms with Gasteiger partial charge in [-0.15, -0.1) is 0 Å². The van der Waals surface area contributed by atoms with E-state index in [-0.39, 0.29) is 5.69 Å². The fourth-order valence-electron chi connectivity index (χ4n) is 2.10. The number of hydrogen-bond donors (Lipinski definition) is 1. The standard InChI is InChI=1S/C14H16F3N3/c1-3-12-10(9-20(2)19-12)8-18-13-7-5-4-6-11(13)14(15,16)17/h4-7,9,18H,3,8H2,1-2H3. The molecular formula is C14H16F3N3. The third kappa shape index (κ3) is 3.12. The normalized spacial score (nSPS) is 11.7. The molecule has 0 unspecified atom stereocenters. The Bertz CT molecular complexity index is 588. The zero-order chi connectivity index (χ0) is 14.8. The number of hydrogen-bond acceptors (Lipinski definition) is 2. The van der Waals surface area contributed by atoms with E-state index >= 15 is 0 Å². The van der Waals surface area contributed by atoms with Gasteiger partial charge in [0.1, 0.15) is 0 Å². The second kappa shape index (κ2) is 5.56. The first-order chi connectivity index (χ1) is 9.41. The highest BCUT2D eigenvalue weighted by Gasteiger charge is 2.33. The molecular weight excluding hydrogens is 267 g/mol. The van der Waals surface area contributed by atoms with Gasteiger partial charge in [-0.25, -0.2) is 0 Å². The molecule has 0 aliphatic carbocycles. The number of para-hydroxylation sites is 1. The zero-order valence-electron chi connectivity index (χ0n) is 11.3. The van der Waals surface area contributed by atoms with Gasteiger partial charge in [-0.2, -0.15) is 18.3 Å². The van der Waals surface area contributed by atoms with Gasteiger partial charge >= 0.3 is 6.18 Å². The second-order valence-corrected chi connectivity index (χ2v) is 4.53. The van der Waals surface area contributed by atoms with Crippen molar-refractivity contribution in [1.29, 1.82) is 0 Å². The SMILES string of the molecule is CCc1nn(C)cc1CNc1ccccc1C(F)(F)F. The first-order valence-corrected chi connectivity index (χ1v) is 6.33. The Morgan fingerprint density at radius 1 is 1.25 bits per heavy atom. The minimum Gasteiger partial charge on any atom is -0.380 e. The minimum absolute atomic E-state index is 0.0888. The first kappa shape index (κ1) is 14.4. The molecule has 0 fully saturated rings. The highest BCUT2D eigenvalue weighted by Crippen LogP contribution is 2.34. The molecule has 0 bridgehead atoms. The van der Waals surface area contributed by atoms with Crippen molar-refractivity contribution in [2.24, 2.45) is 7.05 Å². The van der Waals surface area contributed by atoms with E-state index in [9.17, 15) is 13.2 Å². The molecule has 20 heavy (non-hydrogen) atoms. The molecule has 2 aromatic rings. The van der Waals surface area contributed by atoms with Crippen LogP contribution in [0.1, 0.15) is 23.7 Å². The lowest BCUT2D eigenvalue weighted by Crippen LogP contribution is -2.10. The Hall–Kier alpha value is -1.98. The highest BCUT2D eigenvalue weighted by molar-refractivity contribution is 5.52. The number of nitrogens with zero attached hydrogens (tertiary/aromatic N) is 2. The minimum atomic E-state index is -4.36. The lowest BCUT2D eigenvalue weighted by atomic mass is 10.1. The van der Waals surface area contributed by atoms with E-state index in [1.165, 1.54) is 12.1 Å². The molecule has 1 heterocycles. The van der Waals surface area contributed by atoms with Crippen LogP contribution in [0.25, 0.3) is 0 Å². The number of halogens is 3. The summed E-state index contributed by atoms with van der Waals surface area (Å²) in [5.74, 6) is 0. The summed E-state index contributed by atoms with van der Waals surface area (Å²) in [5, 5.41) is 7.12. The van der Waals surface area contributed by atoms with Gasteiger partial charge in [0, 0.05) is 31.0 Å². The molecule has 0 saturated carbocycles. The monoisotopic (exact) mass is 283 g/mol. The van der Waals surface area contributed by atoms with Crippen molar-refractivity contribution in [2.45, 2.75) is 26.1 Å². The summed E-state index contributed by atoms with van der Waals surface area (Å²) < 4.78 is 40.3. The van der Waals surface area contributed by atoms with Crippen LogP contribution in [0.15, 0.2) is 30.5 Å². The molecule has 0 atom stereocenters. The Balaban J connectivity index is 2.19. The topological polar surface area (TPSA) is 29.9 Å². The van der Waals surface area contributed by atoms with Crippen LogP contribution < -0.4 is 5.32 Å². The molecule has 1 aromatic carbocycles. The molecule has 3 nitrogen and oxygen atoms in total. The van der Waals surface area contributed by atoms with Crippen molar-refractivity contribution in [3.05, 3.63) is 47.3 Å². The van der Waals surface area contributed by atoms with Crippen molar-refractivity contribution in [2.75, 3.05) is 5.32 Å². The molecule has 0 aliphatic rings. The van der Waals surface area contributed by atoms with E-state index in [0.717, 1.165) is 23.7 Å². The third-order valence-corrected chi connectivity index (χ3v) is 3.03. The average molecular weight is 283 g/mol. The lowest BCUT2D eigenvalue weighted by Gasteiger charge is -2.14. The third-order valence-electron chi connectivity index (χ3n) is 3.03. The molecule has 0 radical (unpaired) electrons. The number of aryl methyl sites for hydroxylation is 2. The zero-order valence-corrected chi connectivity index (χ0v) is 11.3. The van der Waals surface area contributed by atoms with Gasteiger partial charge in [0.25, 0.3) is 0 Å². The summed E-state index contributed by atoms with van der Waals surface area (Å²) in [7, 11) is 1.80. The van der Waals surface area contributed by atoms with E-state index in [4.69, 9.17) is 0 Å². The Labute approximate surface area is 115 Å². The number of rotatable bonds is 4. The summed E-state index contributed by atoms with van der Waals surface area (Å²) in [6.07, 6.45) is -1.78. The van der Waals surface area contributed by atoms with Crippen molar-refractivity contribution in [1.82, 2.24) is 9.78 Å². The van der Waals surface area contributed by atoms with E-state index in [0.29, 0.717) is 6.54 Å². The molecule has 0 saturated heterocycles. The van der Waals surface area contributed by atoms with Crippen molar-refractivity contribution < 1.29 is 13.2 Å². The molecule has 1 N–H and O–H groups in total. The van der Waals surface area contributed by atoms with Gasteiger partial charge in [-0.05, 0) is 18.6 Å². The number of aromatic nitrogens is 2. The summed E-state index contributed by atoms with van der Waals surface area (Å²) in [6, 6.07) is 5.48. The van der Waals surface area contributed by atoms with Gasteiger partial charge < -0.3 is 5.32 Å². The van der Waals surface area contributed by atoms with Crippen molar-refractivity contribution in [3.63, 3.8) is 0 Å². The molecule has 0 spiro atoms. The Morgan fingerprint density at radius 2 is 1.95 bits per heavy atom. The van der Waals surface area contributed by atoms with Crippen LogP contribution in [0.5, 0.6) is 0 Å². The van der Waals surface area contributed by atoms with Crippen LogP contribution in [0.3, 0.4) is 0 Å². The molecule has 108 valence electrons. The number of nitrogens with one attached hydrogen (secondary N) is 1. The fourth-order valence-corrected chi connectivity index (χ4v) is 2.10. The highest BCUT2D eigenvalue weighted by atomic mass is 19.4. The maximum Gasteiger partial charge on any atom is 0.418 e. The largest absolute Gasteiger partial charge is 0.418 e. The summed E-state index contributed by atoms with van der Waals surface area (Å²) in [6.45, 7) is 2.29. The van der Waals surface area contributed by atoms with Crippen LogP contribution in [-0.2, 0) is 26.2 Å². The molecule has 1 aromatic heterocycles. The lowest BCUT2D eigenvalue weighted by molar-refractivity contribution is -0.136. The van der Waals surface area contributed by atoms with Gasteiger partial charge in [0.15, 0.2) is 0 Å². The summed E-state index contributed by atoms with van der Waals surface area (Å²) in [5.41, 5.74) is 1.24. The van der Waals surface area contributed by atoms with Crippen LogP contribution in [-0.4, -0.2) is 9.78 Å². The maximum atomic E-state index is 12.9. The van der Waals surface area contributed by atoms with Crippen LogP contribution in [0.4, 0.5) is 18.9 Å². The number of anilines is 1. The van der Waals surface area contributed by atoms with Crippen LogP contribution >= 0.6 is 0 Å². The quantitative estimate of drug-likeness (QED) is 0.929.